The Hall–Kier alpha value is -1.85. The van der Waals surface area contributed by atoms with Gasteiger partial charge < -0.3 is 14.7 Å². The molecule has 0 aliphatic rings. The zero-order chi connectivity index (χ0) is 9.10. The van der Waals surface area contributed by atoms with Gasteiger partial charge in [-0.05, 0) is 6.92 Å². The number of nitrogens with zero attached hydrogens (tertiary/aromatic N) is 3. The van der Waals surface area contributed by atoms with Gasteiger partial charge in [-0.3, -0.25) is 0 Å². The Balaban J connectivity index is 1.93. The molecular formula is C7H9N5O. The van der Waals surface area contributed by atoms with E-state index in [9.17, 15) is 0 Å². The van der Waals surface area contributed by atoms with Gasteiger partial charge in [-0.1, -0.05) is 5.10 Å². The van der Waals surface area contributed by atoms with E-state index in [2.05, 4.69) is 25.5 Å². The normalized spacial score (nSPS) is 10.2. The molecule has 0 unspecified atom stereocenters. The van der Waals surface area contributed by atoms with Crippen molar-refractivity contribution < 1.29 is 4.42 Å². The molecule has 0 aliphatic heterocycles. The first-order valence-corrected chi connectivity index (χ1v) is 3.85. The number of hydrogen-bond donors (Lipinski definition) is 2. The van der Waals surface area contributed by atoms with Gasteiger partial charge in [0, 0.05) is 0 Å². The molecule has 2 rings (SSSR count). The Labute approximate surface area is 74.4 Å². The van der Waals surface area contributed by atoms with E-state index >= 15 is 0 Å². The average Bonchev–Trinajstić information content (AvgIpc) is 2.71. The Morgan fingerprint density at radius 1 is 1.62 bits per heavy atom. The molecule has 0 saturated carbocycles. The smallest absolute Gasteiger partial charge is 0.315 e. The van der Waals surface area contributed by atoms with Crippen LogP contribution in [0.4, 0.5) is 6.01 Å². The molecule has 0 radical (unpaired) electrons. The number of H-pyrrole nitrogens is 1. The third-order valence-corrected chi connectivity index (χ3v) is 1.55. The van der Waals surface area contributed by atoms with Crippen LogP contribution in [0.5, 0.6) is 0 Å². The lowest BCUT2D eigenvalue weighted by Crippen LogP contribution is -1.99. The molecule has 2 heterocycles. The van der Waals surface area contributed by atoms with Crippen molar-refractivity contribution in [2.24, 2.45) is 0 Å². The minimum atomic E-state index is 0.409. The van der Waals surface area contributed by atoms with E-state index in [1.165, 1.54) is 6.39 Å². The third-order valence-electron chi connectivity index (χ3n) is 1.55. The maximum absolute atomic E-state index is 4.89. The minimum absolute atomic E-state index is 0.409. The molecule has 0 atom stereocenters. The van der Waals surface area contributed by atoms with Crippen molar-refractivity contribution in [2.75, 3.05) is 5.32 Å². The number of anilines is 1. The van der Waals surface area contributed by atoms with Crippen LogP contribution in [-0.4, -0.2) is 20.2 Å². The van der Waals surface area contributed by atoms with Crippen LogP contribution in [0, 0.1) is 6.92 Å². The Bertz CT molecular complexity index is 366. The van der Waals surface area contributed by atoms with Crippen molar-refractivity contribution in [1.29, 1.82) is 0 Å². The topological polar surface area (TPSA) is 79.6 Å². The van der Waals surface area contributed by atoms with Gasteiger partial charge in [0.25, 0.3) is 0 Å². The molecule has 0 spiro atoms. The summed E-state index contributed by atoms with van der Waals surface area (Å²) >= 11 is 0. The monoisotopic (exact) mass is 179 g/mol. The van der Waals surface area contributed by atoms with Crippen LogP contribution >= 0.6 is 0 Å². The van der Waals surface area contributed by atoms with Crippen LogP contribution in [0.1, 0.15) is 11.5 Å². The maximum atomic E-state index is 4.89. The summed E-state index contributed by atoms with van der Waals surface area (Å²) in [5.41, 5.74) is 0.982. The van der Waals surface area contributed by atoms with Crippen LogP contribution in [-0.2, 0) is 6.54 Å². The van der Waals surface area contributed by atoms with Crippen LogP contribution in [0.15, 0.2) is 17.0 Å². The van der Waals surface area contributed by atoms with E-state index in [4.69, 9.17) is 4.42 Å². The summed E-state index contributed by atoms with van der Waals surface area (Å²) in [6.45, 7) is 2.50. The summed E-state index contributed by atoms with van der Waals surface area (Å²) in [5.74, 6) is 0.891. The standard InChI is InChI=1S/C7H9N5O/c1-5-8-2-6(11-5)3-9-7-12-10-4-13-7/h2,4H,3H2,1H3,(H,8,11)(H,9,12). The molecule has 0 aliphatic carbocycles. The molecule has 0 bridgehead atoms. The number of imidazole rings is 1. The molecule has 68 valence electrons. The Kier molecular flexibility index (Phi) is 1.95. The zero-order valence-corrected chi connectivity index (χ0v) is 7.11. The summed E-state index contributed by atoms with van der Waals surface area (Å²) in [6, 6.07) is 0.409. The zero-order valence-electron chi connectivity index (χ0n) is 7.11. The van der Waals surface area contributed by atoms with Crippen molar-refractivity contribution in [1.82, 2.24) is 20.2 Å². The van der Waals surface area contributed by atoms with Gasteiger partial charge >= 0.3 is 6.01 Å². The molecule has 6 heteroatoms. The fourth-order valence-corrected chi connectivity index (χ4v) is 0.982. The molecular weight excluding hydrogens is 170 g/mol. The fourth-order valence-electron chi connectivity index (χ4n) is 0.982. The number of rotatable bonds is 3. The molecule has 6 nitrogen and oxygen atoms in total. The van der Waals surface area contributed by atoms with E-state index in [1.807, 2.05) is 6.92 Å². The van der Waals surface area contributed by atoms with E-state index in [0.29, 0.717) is 12.6 Å². The first kappa shape index (κ1) is 7.78. The van der Waals surface area contributed by atoms with Gasteiger partial charge in [-0.2, -0.15) is 0 Å². The predicted octanol–water partition coefficient (Wildman–Crippen LogP) is 0.713. The maximum Gasteiger partial charge on any atom is 0.315 e. The van der Waals surface area contributed by atoms with Crippen LogP contribution < -0.4 is 5.32 Å². The summed E-state index contributed by atoms with van der Waals surface area (Å²) in [4.78, 5) is 7.13. The molecule has 2 aromatic rings. The lowest BCUT2D eigenvalue weighted by molar-refractivity contribution is 0.565. The van der Waals surface area contributed by atoms with Crippen LogP contribution in [0.3, 0.4) is 0 Å². The van der Waals surface area contributed by atoms with Gasteiger partial charge in [0.15, 0.2) is 0 Å². The largest absolute Gasteiger partial charge is 0.411 e. The molecule has 0 amide bonds. The second-order valence-corrected chi connectivity index (χ2v) is 2.59. The second kappa shape index (κ2) is 3.26. The molecule has 2 N–H and O–H groups in total. The fraction of sp³-hybridized carbons (Fsp3) is 0.286. The summed E-state index contributed by atoms with van der Waals surface area (Å²) in [7, 11) is 0. The highest BCUT2D eigenvalue weighted by atomic mass is 16.4. The minimum Gasteiger partial charge on any atom is -0.411 e. The van der Waals surface area contributed by atoms with E-state index < -0.39 is 0 Å². The number of aromatic amines is 1. The van der Waals surface area contributed by atoms with Crippen LogP contribution in [0.25, 0.3) is 0 Å². The second-order valence-electron chi connectivity index (χ2n) is 2.59. The first-order valence-electron chi connectivity index (χ1n) is 3.85. The van der Waals surface area contributed by atoms with Crippen molar-refractivity contribution in [3.05, 3.63) is 24.1 Å². The Morgan fingerprint density at radius 2 is 2.54 bits per heavy atom. The highest BCUT2D eigenvalue weighted by Crippen LogP contribution is 2.02. The van der Waals surface area contributed by atoms with Crippen molar-refractivity contribution in [3.8, 4) is 0 Å². The van der Waals surface area contributed by atoms with Gasteiger partial charge in [-0.25, -0.2) is 4.98 Å². The molecule has 0 saturated heterocycles. The number of aromatic nitrogens is 4. The summed E-state index contributed by atoms with van der Waals surface area (Å²) in [5, 5.41) is 10.2. The quantitative estimate of drug-likeness (QED) is 0.725. The van der Waals surface area contributed by atoms with E-state index in [0.717, 1.165) is 11.5 Å². The lowest BCUT2D eigenvalue weighted by atomic mass is 10.5. The van der Waals surface area contributed by atoms with Gasteiger partial charge in [0.2, 0.25) is 6.39 Å². The predicted molar refractivity (Wildman–Crippen MR) is 44.9 cm³/mol. The van der Waals surface area contributed by atoms with Gasteiger partial charge in [-0.15, -0.1) is 5.10 Å². The molecule has 2 aromatic heterocycles. The summed E-state index contributed by atoms with van der Waals surface area (Å²) in [6.07, 6.45) is 3.04. The van der Waals surface area contributed by atoms with Gasteiger partial charge in [0.05, 0.1) is 18.4 Å². The lowest BCUT2D eigenvalue weighted by Gasteiger charge is -1.96. The number of hydrogen-bond acceptors (Lipinski definition) is 5. The van der Waals surface area contributed by atoms with Crippen molar-refractivity contribution in [2.45, 2.75) is 13.5 Å². The highest BCUT2D eigenvalue weighted by molar-refractivity contribution is 5.17. The van der Waals surface area contributed by atoms with E-state index in [1.54, 1.807) is 6.20 Å². The molecule has 13 heavy (non-hydrogen) atoms. The number of nitrogens with one attached hydrogen (secondary N) is 2. The highest BCUT2D eigenvalue weighted by Gasteiger charge is 1.99. The van der Waals surface area contributed by atoms with Crippen LogP contribution in [0.2, 0.25) is 0 Å². The average molecular weight is 179 g/mol. The van der Waals surface area contributed by atoms with E-state index in [-0.39, 0.29) is 0 Å². The van der Waals surface area contributed by atoms with Crippen molar-refractivity contribution >= 4 is 6.01 Å². The Morgan fingerprint density at radius 3 is 3.15 bits per heavy atom. The molecule has 0 aromatic carbocycles. The van der Waals surface area contributed by atoms with Gasteiger partial charge in [0.1, 0.15) is 5.82 Å². The molecule has 0 fully saturated rings. The first-order chi connectivity index (χ1) is 6.34. The van der Waals surface area contributed by atoms with Crippen molar-refractivity contribution in [3.63, 3.8) is 0 Å². The SMILES string of the molecule is Cc1ncc(CNc2nnco2)[nH]1. The number of aryl methyl sites for hydroxylation is 1. The summed E-state index contributed by atoms with van der Waals surface area (Å²) < 4.78 is 4.89. The third kappa shape index (κ3) is 1.84.